The summed E-state index contributed by atoms with van der Waals surface area (Å²) in [7, 11) is 1.56. The summed E-state index contributed by atoms with van der Waals surface area (Å²) in [5, 5.41) is 21.2. The van der Waals surface area contributed by atoms with Crippen LogP contribution in [0.2, 0.25) is 0 Å². The number of rotatable bonds is 4. The number of carbonyl (C=O) groups excluding carboxylic acids is 1. The van der Waals surface area contributed by atoms with Crippen molar-refractivity contribution in [3.05, 3.63) is 29.8 Å². The van der Waals surface area contributed by atoms with Crippen LogP contribution in [-0.2, 0) is 11.3 Å². The Kier molecular flexibility index (Phi) is 4.64. The first kappa shape index (κ1) is 15.1. The van der Waals surface area contributed by atoms with Gasteiger partial charge in [0.15, 0.2) is 0 Å². The maximum absolute atomic E-state index is 12.0. The number of urea groups is 1. The molecule has 0 spiro atoms. The molecule has 1 fully saturated rings. The van der Waals surface area contributed by atoms with Crippen molar-refractivity contribution in [1.29, 1.82) is 0 Å². The number of aliphatic hydroxyl groups excluding tert-OH is 1. The zero-order valence-electron chi connectivity index (χ0n) is 11.7. The topological polar surface area (TPSA) is 99.1 Å². The predicted octanol–water partition coefficient (Wildman–Crippen LogP) is 0.425. The smallest absolute Gasteiger partial charge is 0.326 e. The van der Waals surface area contributed by atoms with Gasteiger partial charge in [0.1, 0.15) is 11.8 Å². The van der Waals surface area contributed by atoms with Gasteiger partial charge in [-0.3, -0.25) is 0 Å². The van der Waals surface area contributed by atoms with E-state index in [9.17, 15) is 14.7 Å². The van der Waals surface area contributed by atoms with Crippen LogP contribution in [0.15, 0.2) is 24.3 Å². The summed E-state index contributed by atoms with van der Waals surface area (Å²) in [6.07, 6.45) is -0.740. The third-order valence-electron chi connectivity index (χ3n) is 3.40. The summed E-state index contributed by atoms with van der Waals surface area (Å²) < 4.78 is 5.09. The quantitative estimate of drug-likeness (QED) is 0.747. The molecule has 1 aliphatic heterocycles. The molecule has 1 heterocycles. The number of amides is 2. The van der Waals surface area contributed by atoms with E-state index in [1.54, 1.807) is 25.3 Å². The van der Waals surface area contributed by atoms with Gasteiger partial charge in [0.25, 0.3) is 0 Å². The third kappa shape index (κ3) is 3.63. The Hall–Kier alpha value is -2.28. The van der Waals surface area contributed by atoms with E-state index in [-0.39, 0.29) is 19.5 Å². The third-order valence-corrected chi connectivity index (χ3v) is 3.40. The number of likely N-dealkylation sites (tertiary alicyclic amines) is 1. The molecule has 0 saturated carbocycles. The molecule has 7 heteroatoms. The van der Waals surface area contributed by atoms with Gasteiger partial charge in [0.2, 0.25) is 0 Å². The molecule has 0 bridgehead atoms. The molecule has 2 amide bonds. The van der Waals surface area contributed by atoms with E-state index in [0.717, 1.165) is 10.5 Å². The number of aliphatic hydroxyl groups is 1. The minimum Gasteiger partial charge on any atom is -0.497 e. The summed E-state index contributed by atoms with van der Waals surface area (Å²) in [4.78, 5) is 24.3. The predicted molar refractivity (Wildman–Crippen MR) is 74.0 cm³/mol. The fourth-order valence-corrected chi connectivity index (χ4v) is 2.33. The molecular formula is C14H18N2O5. The molecule has 114 valence electrons. The van der Waals surface area contributed by atoms with Crippen molar-refractivity contribution < 1.29 is 24.5 Å². The number of carbonyl (C=O) groups is 2. The standard InChI is InChI=1S/C14H18N2O5/c1-21-11-4-2-3-9(5-11)7-15-14(20)16-8-10(17)6-12(16)13(18)19/h2-5,10,12,17H,6-8H2,1H3,(H,15,20)(H,18,19)/t10-,12-/m0/s1. The summed E-state index contributed by atoms with van der Waals surface area (Å²) >= 11 is 0. The van der Waals surface area contributed by atoms with Crippen molar-refractivity contribution in [2.45, 2.75) is 25.1 Å². The van der Waals surface area contributed by atoms with Crippen LogP contribution in [0.25, 0.3) is 0 Å². The summed E-state index contributed by atoms with van der Waals surface area (Å²) in [5.41, 5.74) is 0.842. The number of methoxy groups -OCH3 is 1. The zero-order chi connectivity index (χ0) is 15.4. The number of hydrogen-bond donors (Lipinski definition) is 3. The highest BCUT2D eigenvalue weighted by Crippen LogP contribution is 2.18. The molecule has 0 radical (unpaired) electrons. The van der Waals surface area contributed by atoms with E-state index in [0.29, 0.717) is 5.75 Å². The van der Waals surface area contributed by atoms with E-state index in [4.69, 9.17) is 9.84 Å². The maximum atomic E-state index is 12.0. The van der Waals surface area contributed by atoms with Gasteiger partial charge in [-0.05, 0) is 17.7 Å². The first-order valence-electron chi connectivity index (χ1n) is 6.59. The van der Waals surface area contributed by atoms with Crippen LogP contribution in [0.1, 0.15) is 12.0 Å². The molecule has 7 nitrogen and oxygen atoms in total. The fraction of sp³-hybridized carbons (Fsp3) is 0.429. The lowest BCUT2D eigenvalue weighted by molar-refractivity contribution is -0.141. The average molecular weight is 294 g/mol. The minimum atomic E-state index is -1.11. The van der Waals surface area contributed by atoms with Gasteiger partial charge in [-0.2, -0.15) is 0 Å². The van der Waals surface area contributed by atoms with Crippen LogP contribution in [-0.4, -0.2) is 52.9 Å². The van der Waals surface area contributed by atoms with Crippen LogP contribution in [0.4, 0.5) is 4.79 Å². The Morgan fingerprint density at radius 1 is 1.48 bits per heavy atom. The summed E-state index contributed by atoms with van der Waals surface area (Å²) in [6, 6.07) is 5.74. The lowest BCUT2D eigenvalue weighted by Crippen LogP contribution is -2.45. The van der Waals surface area contributed by atoms with E-state index >= 15 is 0 Å². The molecular weight excluding hydrogens is 276 g/mol. The van der Waals surface area contributed by atoms with Crippen LogP contribution >= 0.6 is 0 Å². The van der Waals surface area contributed by atoms with Crippen molar-refractivity contribution in [1.82, 2.24) is 10.2 Å². The van der Waals surface area contributed by atoms with Crippen LogP contribution in [0, 0.1) is 0 Å². The first-order chi connectivity index (χ1) is 10.0. The largest absolute Gasteiger partial charge is 0.497 e. The van der Waals surface area contributed by atoms with Gasteiger partial charge in [-0.15, -0.1) is 0 Å². The van der Waals surface area contributed by atoms with Crippen molar-refractivity contribution in [3.8, 4) is 5.75 Å². The first-order valence-corrected chi connectivity index (χ1v) is 6.59. The second kappa shape index (κ2) is 6.45. The molecule has 0 aromatic heterocycles. The van der Waals surface area contributed by atoms with Gasteiger partial charge in [-0.25, -0.2) is 9.59 Å². The Morgan fingerprint density at radius 3 is 2.90 bits per heavy atom. The number of hydrogen-bond acceptors (Lipinski definition) is 4. The Labute approximate surface area is 122 Å². The SMILES string of the molecule is COc1cccc(CNC(=O)N2C[C@@H](O)C[C@H]2C(=O)O)c1. The molecule has 3 N–H and O–H groups in total. The summed E-state index contributed by atoms with van der Waals surface area (Å²) in [6.45, 7) is 0.288. The van der Waals surface area contributed by atoms with E-state index < -0.39 is 24.1 Å². The molecule has 1 aromatic carbocycles. The minimum absolute atomic E-state index is 0.0287. The fourth-order valence-electron chi connectivity index (χ4n) is 2.33. The monoisotopic (exact) mass is 294 g/mol. The highest BCUT2D eigenvalue weighted by Gasteiger charge is 2.38. The Morgan fingerprint density at radius 2 is 2.24 bits per heavy atom. The molecule has 0 aliphatic carbocycles. The lowest BCUT2D eigenvalue weighted by Gasteiger charge is -2.21. The van der Waals surface area contributed by atoms with Gasteiger partial charge in [0.05, 0.1) is 13.2 Å². The molecule has 1 aliphatic rings. The second-order valence-electron chi connectivity index (χ2n) is 4.91. The number of carboxylic acid groups (broad SMARTS) is 1. The van der Waals surface area contributed by atoms with Crippen molar-refractivity contribution in [2.24, 2.45) is 0 Å². The molecule has 0 unspecified atom stereocenters. The molecule has 1 aromatic rings. The molecule has 2 atom stereocenters. The second-order valence-corrected chi connectivity index (χ2v) is 4.91. The van der Waals surface area contributed by atoms with E-state index in [1.165, 1.54) is 0 Å². The van der Waals surface area contributed by atoms with Gasteiger partial charge >= 0.3 is 12.0 Å². The number of nitrogens with one attached hydrogen (secondary N) is 1. The van der Waals surface area contributed by atoms with E-state index in [1.807, 2.05) is 6.07 Å². The Bertz CT molecular complexity index is 534. The number of ether oxygens (including phenoxy) is 1. The molecule has 2 rings (SSSR count). The van der Waals surface area contributed by atoms with Crippen LogP contribution < -0.4 is 10.1 Å². The van der Waals surface area contributed by atoms with Crippen LogP contribution in [0.5, 0.6) is 5.75 Å². The Balaban J connectivity index is 1.96. The van der Waals surface area contributed by atoms with Crippen molar-refractivity contribution >= 4 is 12.0 Å². The van der Waals surface area contributed by atoms with Crippen LogP contribution in [0.3, 0.4) is 0 Å². The van der Waals surface area contributed by atoms with E-state index in [2.05, 4.69) is 5.32 Å². The zero-order valence-corrected chi connectivity index (χ0v) is 11.7. The normalized spacial score (nSPS) is 21.1. The molecule has 21 heavy (non-hydrogen) atoms. The number of benzene rings is 1. The van der Waals surface area contributed by atoms with Gasteiger partial charge < -0.3 is 25.2 Å². The lowest BCUT2D eigenvalue weighted by atomic mass is 10.2. The maximum Gasteiger partial charge on any atom is 0.326 e. The number of β-amino-alcohol motifs (C(OH)–C–C–N with tert-alkyl or cyclic N) is 1. The summed E-state index contributed by atoms with van der Waals surface area (Å²) in [5.74, 6) is -0.426. The van der Waals surface area contributed by atoms with Gasteiger partial charge in [-0.1, -0.05) is 12.1 Å². The highest BCUT2D eigenvalue weighted by atomic mass is 16.5. The number of aliphatic carboxylic acids is 1. The van der Waals surface area contributed by atoms with Crippen molar-refractivity contribution in [3.63, 3.8) is 0 Å². The highest BCUT2D eigenvalue weighted by molar-refractivity contribution is 5.83. The van der Waals surface area contributed by atoms with Crippen molar-refractivity contribution in [2.75, 3.05) is 13.7 Å². The average Bonchev–Trinajstić information content (AvgIpc) is 2.87. The number of carboxylic acids is 1. The van der Waals surface area contributed by atoms with Gasteiger partial charge in [0, 0.05) is 19.5 Å². The molecule has 1 saturated heterocycles. The number of nitrogens with zero attached hydrogens (tertiary/aromatic N) is 1.